The normalized spacial score (nSPS) is 10.8. The third kappa shape index (κ3) is 3.61. The Morgan fingerprint density at radius 2 is 1.92 bits per heavy atom. The van der Waals surface area contributed by atoms with Crippen molar-refractivity contribution in [1.29, 1.82) is 0 Å². The van der Waals surface area contributed by atoms with Crippen LogP contribution in [0.2, 0.25) is 5.02 Å². The molecule has 7 heteroatoms. The fourth-order valence-electron chi connectivity index (χ4n) is 2.73. The minimum atomic E-state index is -0.340. The van der Waals surface area contributed by atoms with Crippen LogP contribution in [0.1, 0.15) is 21.6 Å². The fourth-order valence-corrected chi connectivity index (χ4v) is 3.64. The summed E-state index contributed by atoms with van der Waals surface area (Å²) in [6, 6.07) is 9.67. The van der Waals surface area contributed by atoms with E-state index >= 15 is 0 Å². The molecule has 0 aliphatic carbocycles. The van der Waals surface area contributed by atoms with Gasteiger partial charge >= 0.3 is 0 Å². The molecule has 134 valence electrons. The first-order valence-electron chi connectivity index (χ1n) is 7.86. The number of hydrogen-bond donors (Lipinski definition) is 1. The van der Waals surface area contributed by atoms with E-state index in [2.05, 4.69) is 10.3 Å². The number of carbonyl (C=O) groups excluding carboxylic acids is 1. The third-order valence-corrected chi connectivity index (χ3v) is 4.85. The second-order valence-corrected chi connectivity index (χ2v) is 7.02. The molecule has 0 aliphatic rings. The van der Waals surface area contributed by atoms with Crippen LogP contribution in [0.15, 0.2) is 47.8 Å². The summed E-state index contributed by atoms with van der Waals surface area (Å²) in [5.74, 6) is -0.677. The number of anilines is 1. The molecule has 0 spiro atoms. The minimum Gasteiger partial charge on any atom is -0.319 e. The number of carbonyl (C=O) groups is 1. The predicted octanol–water partition coefficient (Wildman–Crippen LogP) is 5.26. The van der Waals surface area contributed by atoms with Crippen LogP contribution in [-0.4, -0.2) is 21.7 Å². The van der Waals surface area contributed by atoms with E-state index in [0.717, 1.165) is 11.1 Å². The zero-order valence-corrected chi connectivity index (χ0v) is 16.1. The van der Waals surface area contributed by atoms with E-state index in [0.29, 0.717) is 27.2 Å². The predicted molar refractivity (Wildman–Crippen MR) is 104 cm³/mol. The largest absolute Gasteiger partial charge is 0.319 e. The molecule has 0 fully saturated rings. The Hall–Kier alpha value is -2.31. The van der Waals surface area contributed by atoms with Gasteiger partial charge in [-0.2, -0.15) is 0 Å². The molecule has 1 aromatic heterocycles. The lowest BCUT2D eigenvalue weighted by molar-refractivity contribution is 0.102. The Morgan fingerprint density at radius 3 is 2.54 bits per heavy atom. The summed E-state index contributed by atoms with van der Waals surface area (Å²) in [6.07, 6.45) is 3.37. The van der Waals surface area contributed by atoms with Crippen molar-refractivity contribution in [3.05, 3.63) is 70.3 Å². The average Bonchev–Trinajstić information content (AvgIpc) is 3.02. The van der Waals surface area contributed by atoms with Gasteiger partial charge < -0.3 is 5.32 Å². The third-order valence-electron chi connectivity index (χ3n) is 3.90. The van der Waals surface area contributed by atoms with E-state index in [1.54, 1.807) is 22.8 Å². The van der Waals surface area contributed by atoms with Gasteiger partial charge in [0, 0.05) is 5.69 Å². The van der Waals surface area contributed by atoms with Crippen molar-refractivity contribution < 1.29 is 9.18 Å². The summed E-state index contributed by atoms with van der Waals surface area (Å²) in [4.78, 5) is 17.2. The highest BCUT2D eigenvalue weighted by molar-refractivity contribution is 7.98. The molecule has 0 radical (unpaired) electrons. The molecule has 0 atom stereocenters. The maximum atomic E-state index is 13.3. The van der Waals surface area contributed by atoms with Crippen molar-refractivity contribution in [1.82, 2.24) is 9.55 Å². The van der Waals surface area contributed by atoms with Gasteiger partial charge in [0.05, 0.1) is 16.9 Å². The highest BCUT2D eigenvalue weighted by Crippen LogP contribution is 2.29. The molecule has 1 amide bonds. The Balaban J connectivity index is 2.01. The molecule has 0 aliphatic heterocycles. The summed E-state index contributed by atoms with van der Waals surface area (Å²) in [5, 5.41) is 3.98. The van der Waals surface area contributed by atoms with E-state index in [9.17, 15) is 9.18 Å². The van der Waals surface area contributed by atoms with Gasteiger partial charge in [0.2, 0.25) is 0 Å². The van der Waals surface area contributed by atoms with Crippen molar-refractivity contribution in [2.45, 2.75) is 19.0 Å². The number of aryl methyl sites for hydroxylation is 2. The Bertz CT molecular complexity index is 946. The van der Waals surface area contributed by atoms with E-state index < -0.39 is 0 Å². The van der Waals surface area contributed by atoms with Crippen molar-refractivity contribution >= 4 is 35.0 Å². The van der Waals surface area contributed by atoms with Crippen LogP contribution in [-0.2, 0) is 0 Å². The second-order valence-electron chi connectivity index (χ2n) is 5.83. The van der Waals surface area contributed by atoms with Crippen LogP contribution in [0, 0.1) is 19.7 Å². The second kappa shape index (κ2) is 7.51. The summed E-state index contributed by atoms with van der Waals surface area (Å²) < 4.78 is 14.9. The Morgan fingerprint density at radius 1 is 1.23 bits per heavy atom. The smallest absolute Gasteiger partial charge is 0.274 e. The number of nitrogens with zero attached hydrogens (tertiary/aromatic N) is 2. The molecular formula is C19H17ClFN3OS. The zero-order valence-electron chi connectivity index (χ0n) is 14.5. The number of aromatic nitrogens is 2. The number of hydrogen-bond acceptors (Lipinski definition) is 3. The molecule has 0 unspecified atom stereocenters. The molecule has 0 saturated heterocycles. The van der Waals surface area contributed by atoms with Gasteiger partial charge in [-0.1, -0.05) is 29.4 Å². The molecule has 3 aromatic rings. The number of imidazole rings is 1. The van der Waals surface area contributed by atoms with Crippen molar-refractivity contribution in [3.63, 3.8) is 0 Å². The summed E-state index contributed by atoms with van der Waals surface area (Å²) in [5.41, 5.74) is 3.47. The first kappa shape index (κ1) is 18.5. The number of rotatable bonds is 4. The van der Waals surface area contributed by atoms with Gasteiger partial charge in [-0.3, -0.25) is 9.36 Å². The molecule has 26 heavy (non-hydrogen) atoms. The molecule has 2 aromatic carbocycles. The van der Waals surface area contributed by atoms with Gasteiger partial charge in [0.1, 0.15) is 11.5 Å². The van der Waals surface area contributed by atoms with E-state index in [-0.39, 0.29) is 11.7 Å². The SMILES string of the molecule is CSc1ncc(C(=O)Nc2c(C)cc(C)cc2Cl)n1-c1ccc(F)cc1. The first-order chi connectivity index (χ1) is 12.4. The first-order valence-corrected chi connectivity index (χ1v) is 9.46. The Kier molecular flexibility index (Phi) is 5.34. The van der Waals surface area contributed by atoms with Crippen LogP contribution in [0.3, 0.4) is 0 Å². The lowest BCUT2D eigenvalue weighted by atomic mass is 10.1. The number of amides is 1. The quantitative estimate of drug-likeness (QED) is 0.619. The highest BCUT2D eigenvalue weighted by atomic mass is 35.5. The lowest BCUT2D eigenvalue weighted by Gasteiger charge is -2.14. The van der Waals surface area contributed by atoms with Crippen LogP contribution in [0.5, 0.6) is 0 Å². The highest BCUT2D eigenvalue weighted by Gasteiger charge is 2.19. The molecule has 1 N–H and O–H groups in total. The van der Waals surface area contributed by atoms with Crippen molar-refractivity contribution in [3.8, 4) is 5.69 Å². The van der Waals surface area contributed by atoms with E-state index in [1.165, 1.54) is 30.1 Å². The van der Waals surface area contributed by atoms with Gasteiger partial charge in [-0.05, 0) is 61.6 Å². The molecular weight excluding hydrogens is 373 g/mol. The maximum Gasteiger partial charge on any atom is 0.274 e. The van der Waals surface area contributed by atoms with Crippen LogP contribution < -0.4 is 5.32 Å². The average molecular weight is 390 g/mol. The fraction of sp³-hybridized carbons (Fsp3) is 0.158. The van der Waals surface area contributed by atoms with Gasteiger partial charge in [-0.15, -0.1) is 0 Å². The summed E-state index contributed by atoms with van der Waals surface area (Å²) >= 11 is 7.69. The van der Waals surface area contributed by atoms with Gasteiger partial charge in [-0.25, -0.2) is 9.37 Å². The zero-order chi connectivity index (χ0) is 18.8. The number of thioether (sulfide) groups is 1. The van der Waals surface area contributed by atoms with Crippen LogP contribution >= 0.6 is 23.4 Å². The van der Waals surface area contributed by atoms with Gasteiger partial charge in [0.15, 0.2) is 5.16 Å². The molecule has 0 bridgehead atoms. The molecule has 1 heterocycles. The number of halogens is 2. The van der Waals surface area contributed by atoms with E-state index in [4.69, 9.17) is 11.6 Å². The molecule has 4 nitrogen and oxygen atoms in total. The number of nitrogens with one attached hydrogen (secondary N) is 1. The van der Waals surface area contributed by atoms with Crippen molar-refractivity contribution in [2.24, 2.45) is 0 Å². The Labute approximate surface area is 160 Å². The van der Waals surface area contributed by atoms with Crippen LogP contribution in [0.25, 0.3) is 5.69 Å². The van der Waals surface area contributed by atoms with Crippen molar-refractivity contribution in [2.75, 3.05) is 11.6 Å². The summed E-state index contributed by atoms with van der Waals surface area (Å²) in [6.45, 7) is 3.83. The maximum absolute atomic E-state index is 13.3. The lowest BCUT2D eigenvalue weighted by Crippen LogP contribution is -2.17. The summed E-state index contributed by atoms with van der Waals surface area (Å²) in [7, 11) is 0. The minimum absolute atomic E-state index is 0.337. The number of benzene rings is 2. The van der Waals surface area contributed by atoms with Crippen LogP contribution in [0.4, 0.5) is 10.1 Å². The monoisotopic (exact) mass is 389 g/mol. The topological polar surface area (TPSA) is 46.9 Å². The molecule has 0 saturated carbocycles. The molecule has 3 rings (SSSR count). The van der Waals surface area contributed by atoms with Gasteiger partial charge in [0.25, 0.3) is 5.91 Å². The standard InChI is InChI=1S/C19H17ClFN3OS/c1-11-8-12(2)17(15(20)9-11)23-18(25)16-10-22-19(26-3)24(16)14-6-4-13(21)5-7-14/h4-10H,1-3H3,(H,23,25). The van der Waals surface area contributed by atoms with E-state index in [1.807, 2.05) is 26.2 Å².